The Morgan fingerprint density at radius 3 is 1.86 bits per heavy atom. The fourth-order valence-electron chi connectivity index (χ4n) is 0.437. The van der Waals surface area contributed by atoms with E-state index in [9.17, 15) is 9.00 Å². The minimum atomic E-state index is -4.82. The average Bonchev–Trinajstić information content (AvgIpc) is 1.79. The summed E-state index contributed by atoms with van der Waals surface area (Å²) in [5.41, 5.74) is 4.69. The van der Waals surface area contributed by atoms with Crippen molar-refractivity contribution in [2.45, 2.75) is 5.37 Å². The van der Waals surface area contributed by atoms with Crippen molar-refractivity contribution in [3.8, 4) is 0 Å². The summed E-state index contributed by atoms with van der Waals surface area (Å²) in [6.45, 7) is 0. The fourth-order valence-corrected chi connectivity index (χ4v) is 1.03. The Morgan fingerprint density at radius 2 is 1.79 bits per heavy atom. The van der Waals surface area contributed by atoms with Crippen molar-refractivity contribution in [2.75, 3.05) is 0 Å². The van der Waals surface area contributed by atoms with Crippen molar-refractivity contribution in [2.24, 2.45) is 5.73 Å². The molecule has 0 rings (SSSR count). The second-order valence-electron chi connectivity index (χ2n) is 1.89. The van der Waals surface area contributed by atoms with E-state index < -0.39 is 27.8 Å². The van der Waals surface area contributed by atoms with Gasteiger partial charge < -0.3 is 25.3 Å². The van der Waals surface area contributed by atoms with Gasteiger partial charge >= 0.3 is 65.1 Å². The molecule has 0 amide bonds. The molecule has 0 radical (unpaired) electrons. The van der Waals surface area contributed by atoms with E-state index in [0.29, 0.717) is 0 Å². The van der Waals surface area contributed by atoms with Gasteiger partial charge in [0.2, 0.25) is 5.37 Å². The van der Waals surface area contributed by atoms with Crippen LogP contribution in [0.15, 0.2) is 0 Å². The van der Waals surface area contributed by atoms with Crippen molar-refractivity contribution >= 4 is 81.5 Å². The summed E-state index contributed by atoms with van der Waals surface area (Å²) < 4.78 is 27.2. The number of carboxylic acid groups (broad SMARTS) is 1. The molecule has 0 aliphatic carbocycles. The number of hydrogen-bond acceptors (Lipinski definition) is 3. The van der Waals surface area contributed by atoms with Crippen LogP contribution < -0.4 is 11.1 Å². The molecule has 0 bridgehead atoms. The van der Waals surface area contributed by atoms with Crippen molar-refractivity contribution in [3.63, 3.8) is 0 Å². The zero-order valence-corrected chi connectivity index (χ0v) is 6.65. The Morgan fingerprint density at radius 1 is 1.43 bits per heavy atom. The predicted molar refractivity (Wildman–Crippen MR) is 55.6 cm³/mol. The van der Waals surface area contributed by atoms with E-state index in [4.69, 9.17) is 25.4 Å². The molecule has 0 heterocycles. The Bertz CT molecular complexity index is 255. The molecule has 14 heavy (non-hydrogen) atoms. The normalized spacial score (nSPS) is 12.7. The number of thiol groups is 1. The van der Waals surface area contributed by atoms with Gasteiger partial charge in [-0.05, 0) is 0 Å². The molecule has 0 aliphatic rings. The molecular weight excluding hydrogens is 236 g/mol. The first-order chi connectivity index (χ1) is 5.25. The molecule has 76 valence electrons. The summed E-state index contributed by atoms with van der Waals surface area (Å²) in [5.74, 6) is -2.58. The Labute approximate surface area is 125 Å². The number of carboxylic acids is 1. The Hall–Kier alpha value is 0.810. The molecule has 7 N–H and O–H groups in total. The van der Waals surface area contributed by atoms with Gasteiger partial charge in [0.05, 0.1) is 0 Å². The van der Waals surface area contributed by atoms with Crippen LogP contribution in [0.1, 0.15) is 0 Å². The van der Waals surface area contributed by atoms with Crippen LogP contribution in [0.25, 0.3) is 0 Å². The van der Waals surface area contributed by atoms with Gasteiger partial charge in [0, 0.05) is 0 Å². The van der Waals surface area contributed by atoms with E-state index in [2.05, 4.69) is 0 Å². The van der Waals surface area contributed by atoms with E-state index in [1.165, 1.54) is 0 Å². The van der Waals surface area contributed by atoms with Gasteiger partial charge in [-0.1, -0.05) is 0 Å². The first kappa shape index (κ1) is 20.3. The quantitative estimate of drug-likeness (QED) is 0.118. The minimum absolute atomic E-state index is 0. The first-order valence-corrected chi connectivity index (χ1v) is 4.32. The van der Waals surface area contributed by atoms with E-state index in [0.717, 1.165) is 0 Å². The van der Waals surface area contributed by atoms with Crippen LogP contribution >= 0.6 is 0 Å². The van der Waals surface area contributed by atoms with E-state index in [-0.39, 0.29) is 59.1 Å². The third kappa shape index (κ3) is 8.15. The van der Waals surface area contributed by atoms with Gasteiger partial charge in [0.15, 0.2) is 5.96 Å². The van der Waals surface area contributed by atoms with Crippen molar-refractivity contribution < 1.29 is 23.2 Å². The van der Waals surface area contributed by atoms with Gasteiger partial charge in [0.25, 0.3) is 0 Å². The van der Waals surface area contributed by atoms with Crippen LogP contribution in [-0.2, 0) is 15.3 Å². The average molecular weight is 247 g/mol. The van der Waals surface area contributed by atoms with Crippen molar-refractivity contribution in [3.05, 3.63) is 0 Å². The summed E-state index contributed by atoms with van der Waals surface area (Å²) in [6, 6.07) is 0. The van der Waals surface area contributed by atoms with Gasteiger partial charge in [0.1, 0.15) is 10.5 Å². The third-order valence-corrected chi connectivity index (χ3v) is 1.89. The predicted octanol–water partition coefficient (Wildman–Crippen LogP) is -3.45. The summed E-state index contributed by atoms with van der Waals surface area (Å²) in [5, 5.41) is 14.3. The van der Waals surface area contributed by atoms with E-state index >= 15 is 0 Å². The zero-order chi connectivity index (χ0) is 9.94. The van der Waals surface area contributed by atoms with Crippen LogP contribution in [0.4, 0.5) is 0 Å². The fraction of sp³-hybridized carbons (Fsp3) is 0.333. The maximum atomic E-state index is 10.4. The summed E-state index contributed by atoms with van der Waals surface area (Å²) in [6.07, 6.45) is 0. The molecule has 0 aliphatic heterocycles. The number of carbonyl (C=O) groups is 1. The van der Waals surface area contributed by atoms with Crippen LogP contribution in [0.2, 0.25) is 0 Å². The van der Waals surface area contributed by atoms with Crippen LogP contribution in [0.5, 0.6) is 0 Å². The SMILES string of the molecule is N=C(N)NC(C(=O)O)[SH](=O)(O)O.[NaH].[NaH]. The van der Waals surface area contributed by atoms with Gasteiger partial charge in [-0.2, -0.15) is 0 Å². The van der Waals surface area contributed by atoms with Crippen LogP contribution in [-0.4, -0.2) is 94.8 Å². The molecule has 0 aromatic rings. The summed E-state index contributed by atoms with van der Waals surface area (Å²) >= 11 is 0. The molecule has 0 aromatic heterocycles. The number of aliphatic carboxylic acids is 1. The maximum absolute atomic E-state index is 10.4. The Kier molecular flexibility index (Phi) is 11.6. The van der Waals surface area contributed by atoms with Gasteiger partial charge in [-0.25, -0.2) is 9.00 Å². The van der Waals surface area contributed by atoms with E-state index in [1.54, 1.807) is 5.32 Å². The van der Waals surface area contributed by atoms with E-state index in [1.807, 2.05) is 0 Å². The zero-order valence-electron chi connectivity index (χ0n) is 5.76. The summed E-state index contributed by atoms with van der Waals surface area (Å²) in [7, 11) is -4.82. The molecule has 1 unspecified atom stereocenters. The standard InChI is InChI=1S/C3H9N3O5S.2Na.2H/c4-3(5)6-1(2(7)8)12(9,10)11;;;;/h1,12H,(H,7,8)(H4,4,5,6)(H2,9,10,11);;;;. The number of hydrogen-bond donors (Lipinski definition) is 7. The number of guanidine groups is 1. The van der Waals surface area contributed by atoms with Crippen LogP contribution in [0.3, 0.4) is 0 Å². The third-order valence-electron chi connectivity index (χ3n) is 0.862. The Balaban J connectivity index is -0.000000605. The van der Waals surface area contributed by atoms with Crippen molar-refractivity contribution in [1.82, 2.24) is 5.32 Å². The molecule has 0 spiro atoms. The van der Waals surface area contributed by atoms with Gasteiger partial charge in [-0.3, -0.25) is 5.41 Å². The van der Waals surface area contributed by atoms with Crippen molar-refractivity contribution in [1.29, 1.82) is 5.41 Å². The van der Waals surface area contributed by atoms with Crippen LogP contribution in [0, 0.1) is 5.41 Å². The molecule has 0 saturated heterocycles. The second-order valence-corrected chi connectivity index (χ2v) is 3.58. The monoisotopic (exact) mass is 247 g/mol. The summed E-state index contributed by atoms with van der Waals surface area (Å²) in [4.78, 5) is 10.2. The molecule has 11 heteroatoms. The topological polar surface area (TPSA) is 157 Å². The molecule has 0 saturated carbocycles. The first-order valence-electron chi connectivity index (χ1n) is 2.63. The molecule has 0 fully saturated rings. The number of rotatable bonds is 3. The molecular formula is C3H11N3Na2O5S. The molecule has 8 nitrogen and oxygen atoms in total. The molecule has 0 aromatic carbocycles. The second kappa shape index (κ2) is 8.02. The number of nitrogens with two attached hydrogens (primary N) is 1. The molecule has 1 atom stereocenters. The number of nitrogens with one attached hydrogen (secondary N) is 2. The van der Waals surface area contributed by atoms with Gasteiger partial charge in [-0.15, -0.1) is 0 Å².